The van der Waals surface area contributed by atoms with Crippen LogP contribution in [0.3, 0.4) is 0 Å². The molecule has 1 heterocycles. The zero-order chi connectivity index (χ0) is 14.5. The van der Waals surface area contributed by atoms with Crippen LogP contribution in [0.5, 0.6) is 0 Å². The summed E-state index contributed by atoms with van der Waals surface area (Å²) in [4.78, 5) is 11.3. The molecule has 8 nitrogen and oxygen atoms in total. The summed E-state index contributed by atoms with van der Waals surface area (Å²) >= 11 is 0. The molecule has 1 aromatic rings. The van der Waals surface area contributed by atoms with Crippen molar-refractivity contribution in [3.63, 3.8) is 0 Å². The average molecular weight is 291 g/mol. The molecule has 0 aliphatic heterocycles. The van der Waals surface area contributed by atoms with Crippen LogP contribution in [0.1, 0.15) is 11.5 Å². The third kappa shape index (κ3) is 4.30. The van der Waals surface area contributed by atoms with E-state index in [0.717, 1.165) is 0 Å². The molecule has 0 aliphatic carbocycles. The number of carbonyl (C=O) groups is 1. The molecule has 2 N–H and O–H groups in total. The second kappa shape index (κ2) is 6.64. The molecule has 1 rings (SSSR count). The van der Waals surface area contributed by atoms with E-state index in [1.807, 2.05) is 0 Å². The van der Waals surface area contributed by atoms with E-state index in [2.05, 4.69) is 15.2 Å². The summed E-state index contributed by atoms with van der Waals surface area (Å²) in [6, 6.07) is 0. The average Bonchev–Trinajstić information content (AvgIpc) is 2.67. The van der Waals surface area contributed by atoms with Crippen LogP contribution in [0, 0.1) is 13.8 Å². The molecule has 0 radical (unpaired) electrons. The Balaban J connectivity index is 2.59. The van der Waals surface area contributed by atoms with Crippen molar-refractivity contribution in [2.24, 2.45) is 0 Å². The van der Waals surface area contributed by atoms with Gasteiger partial charge in [0.15, 0.2) is 5.76 Å². The number of methoxy groups -OCH3 is 1. The van der Waals surface area contributed by atoms with Gasteiger partial charge in [0.25, 0.3) is 0 Å². The first-order chi connectivity index (χ1) is 8.88. The third-order valence-corrected chi connectivity index (χ3v) is 3.93. The number of nitrogens with one attached hydrogen (secondary N) is 2. The Morgan fingerprint density at radius 3 is 2.63 bits per heavy atom. The molecular formula is C10H17N3O5S. The van der Waals surface area contributed by atoms with Crippen LogP contribution >= 0.6 is 0 Å². The molecule has 108 valence electrons. The molecule has 0 bridgehead atoms. The van der Waals surface area contributed by atoms with Crippen molar-refractivity contribution >= 4 is 15.9 Å². The first kappa shape index (κ1) is 15.6. The van der Waals surface area contributed by atoms with E-state index in [1.165, 1.54) is 21.0 Å². The van der Waals surface area contributed by atoms with E-state index in [-0.39, 0.29) is 22.9 Å². The monoisotopic (exact) mass is 291 g/mol. The minimum Gasteiger partial charge on any atom is -0.383 e. The molecule has 1 aromatic heterocycles. The van der Waals surface area contributed by atoms with Gasteiger partial charge in [0, 0.05) is 13.7 Å². The van der Waals surface area contributed by atoms with E-state index in [1.54, 1.807) is 0 Å². The number of aromatic nitrogens is 1. The van der Waals surface area contributed by atoms with Gasteiger partial charge < -0.3 is 14.6 Å². The number of hydrogen-bond donors (Lipinski definition) is 2. The van der Waals surface area contributed by atoms with E-state index in [4.69, 9.17) is 9.26 Å². The van der Waals surface area contributed by atoms with Gasteiger partial charge in [0.1, 0.15) is 10.6 Å². The smallest absolute Gasteiger partial charge is 0.246 e. The molecule has 0 unspecified atom stereocenters. The number of aryl methyl sites for hydroxylation is 2. The highest BCUT2D eigenvalue weighted by Crippen LogP contribution is 2.18. The van der Waals surface area contributed by atoms with E-state index in [0.29, 0.717) is 13.2 Å². The van der Waals surface area contributed by atoms with Gasteiger partial charge in [0.05, 0.1) is 13.2 Å². The lowest BCUT2D eigenvalue weighted by Gasteiger charge is -2.07. The normalized spacial score (nSPS) is 11.5. The lowest BCUT2D eigenvalue weighted by molar-refractivity contribution is -0.120. The molecule has 0 atom stereocenters. The number of carbonyl (C=O) groups excluding carboxylic acids is 1. The van der Waals surface area contributed by atoms with E-state index in [9.17, 15) is 13.2 Å². The van der Waals surface area contributed by atoms with Gasteiger partial charge in [-0.25, -0.2) is 13.1 Å². The molecule has 19 heavy (non-hydrogen) atoms. The number of ether oxygens (including phenoxy) is 1. The minimum absolute atomic E-state index is 0.0304. The van der Waals surface area contributed by atoms with Crippen molar-refractivity contribution in [3.8, 4) is 0 Å². The third-order valence-electron chi connectivity index (χ3n) is 2.29. The van der Waals surface area contributed by atoms with Crippen molar-refractivity contribution in [2.75, 3.05) is 26.8 Å². The summed E-state index contributed by atoms with van der Waals surface area (Å²) < 4.78 is 35.6. The summed E-state index contributed by atoms with van der Waals surface area (Å²) in [7, 11) is -2.30. The van der Waals surface area contributed by atoms with Crippen molar-refractivity contribution in [1.29, 1.82) is 0 Å². The van der Waals surface area contributed by atoms with E-state index >= 15 is 0 Å². The Labute approximate surface area is 111 Å². The highest BCUT2D eigenvalue weighted by Gasteiger charge is 2.24. The Bertz CT molecular complexity index is 518. The van der Waals surface area contributed by atoms with Gasteiger partial charge in [-0.05, 0) is 13.8 Å². The molecular weight excluding hydrogens is 274 g/mol. The first-order valence-corrected chi connectivity index (χ1v) is 7.05. The number of rotatable bonds is 7. The van der Waals surface area contributed by atoms with Crippen LogP contribution in [-0.2, 0) is 19.6 Å². The summed E-state index contributed by atoms with van der Waals surface area (Å²) in [6.45, 7) is 3.35. The number of sulfonamides is 1. The molecule has 1 amide bonds. The number of nitrogens with zero attached hydrogens (tertiary/aromatic N) is 1. The fraction of sp³-hybridized carbons (Fsp3) is 0.600. The molecule has 0 saturated heterocycles. The molecule has 0 aliphatic rings. The highest BCUT2D eigenvalue weighted by atomic mass is 32.2. The van der Waals surface area contributed by atoms with Crippen LogP contribution in [0.15, 0.2) is 9.42 Å². The predicted molar refractivity (Wildman–Crippen MR) is 66.1 cm³/mol. The Kier molecular flexibility index (Phi) is 5.45. The second-order valence-corrected chi connectivity index (χ2v) is 5.52. The first-order valence-electron chi connectivity index (χ1n) is 5.56. The lowest BCUT2D eigenvalue weighted by Crippen LogP contribution is -2.38. The van der Waals surface area contributed by atoms with Crippen LogP contribution in [-0.4, -0.2) is 46.3 Å². The molecule has 0 aromatic carbocycles. The van der Waals surface area contributed by atoms with Gasteiger partial charge in [-0.15, -0.1) is 0 Å². The molecule has 9 heteroatoms. The fourth-order valence-corrected chi connectivity index (χ4v) is 2.75. The van der Waals surface area contributed by atoms with Gasteiger partial charge in [0.2, 0.25) is 15.9 Å². The van der Waals surface area contributed by atoms with Crippen LogP contribution in [0.25, 0.3) is 0 Å². The van der Waals surface area contributed by atoms with Gasteiger partial charge in [-0.2, -0.15) is 0 Å². The zero-order valence-corrected chi connectivity index (χ0v) is 11.8. The maximum atomic E-state index is 12.0. The standard InChI is InChI=1S/C10H17N3O5S/c1-7-10(8(2)18-13-7)19(15,16)12-6-9(14)11-4-5-17-3/h12H,4-6H2,1-3H3,(H,11,14). The summed E-state index contributed by atoms with van der Waals surface area (Å²) in [6.07, 6.45) is 0. The summed E-state index contributed by atoms with van der Waals surface area (Å²) in [5.74, 6) is -0.253. The van der Waals surface area contributed by atoms with Crippen molar-refractivity contribution < 1.29 is 22.5 Å². The molecule has 0 saturated carbocycles. The van der Waals surface area contributed by atoms with Crippen LogP contribution in [0.4, 0.5) is 0 Å². The largest absolute Gasteiger partial charge is 0.383 e. The second-order valence-electron chi connectivity index (χ2n) is 3.82. The highest BCUT2D eigenvalue weighted by molar-refractivity contribution is 7.89. The van der Waals surface area contributed by atoms with Crippen molar-refractivity contribution in [2.45, 2.75) is 18.7 Å². The SMILES string of the molecule is COCCNC(=O)CNS(=O)(=O)c1c(C)noc1C. The molecule has 0 spiro atoms. The summed E-state index contributed by atoms with van der Waals surface area (Å²) in [5.41, 5.74) is 0.254. The quantitative estimate of drug-likeness (QED) is 0.645. The number of hydrogen-bond acceptors (Lipinski definition) is 6. The summed E-state index contributed by atoms with van der Waals surface area (Å²) in [5, 5.41) is 6.06. The van der Waals surface area contributed by atoms with Gasteiger partial charge in [-0.1, -0.05) is 5.16 Å². The Hall–Kier alpha value is -1.45. The van der Waals surface area contributed by atoms with Gasteiger partial charge in [-0.3, -0.25) is 4.79 Å². The Morgan fingerprint density at radius 1 is 1.42 bits per heavy atom. The lowest BCUT2D eigenvalue weighted by atomic mass is 10.4. The predicted octanol–water partition coefficient (Wildman–Crippen LogP) is -0.668. The van der Waals surface area contributed by atoms with E-state index < -0.39 is 15.9 Å². The zero-order valence-electron chi connectivity index (χ0n) is 11.0. The topological polar surface area (TPSA) is 111 Å². The maximum absolute atomic E-state index is 12.0. The Morgan fingerprint density at radius 2 is 2.11 bits per heavy atom. The number of amides is 1. The van der Waals surface area contributed by atoms with Gasteiger partial charge >= 0.3 is 0 Å². The van der Waals surface area contributed by atoms with Crippen molar-refractivity contribution in [3.05, 3.63) is 11.5 Å². The van der Waals surface area contributed by atoms with Crippen LogP contribution in [0.2, 0.25) is 0 Å². The minimum atomic E-state index is -3.80. The van der Waals surface area contributed by atoms with Crippen LogP contribution < -0.4 is 10.0 Å². The van der Waals surface area contributed by atoms with Crippen molar-refractivity contribution in [1.82, 2.24) is 15.2 Å². The fourth-order valence-electron chi connectivity index (χ4n) is 1.45. The maximum Gasteiger partial charge on any atom is 0.246 e. The molecule has 0 fully saturated rings.